The normalized spacial score (nSPS) is 15.4. The van der Waals surface area contributed by atoms with Crippen LogP contribution in [0.4, 0.5) is 0 Å². The second-order valence-electron chi connectivity index (χ2n) is 9.44. The van der Waals surface area contributed by atoms with Crippen LogP contribution in [0.25, 0.3) is 0 Å². The van der Waals surface area contributed by atoms with Gasteiger partial charge < -0.3 is 14.8 Å². The molecule has 0 aromatic carbocycles. The van der Waals surface area contributed by atoms with Crippen LogP contribution in [0.2, 0.25) is 0 Å². The average Bonchev–Trinajstić information content (AvgIpc) is 3.32. The van der Waals surface area contributed by atoms with Gasteiger partial charge in [0.2, 0.25) is 16.7 Å². The Labute approximate surface area is 208 Å². The number of unbranched alkanes of at least 4 members (excludes halogenated alkanes) is 14. The van der Waals surface area contributed by atoms with Crippen LogP contribution in [-0.2, 0) is 14.6 Å². The summed E-state index contributed by atoms with van der Waals surface area (Å²) in [5.41, 5.74) is 0. The van der Waals surface area contributed by atoms with Gasteiger partial charge in [0.1, 0.15) is 12.9 Å². The van der Waals surface area contributed by atoms with Crippen molar-refractivity contribution in [3.05, 3.63) is 0 Å². The van der Waals surface area contributed by atoms with Crippen molar-refractivity contribution in [3.63, 3.8) is 0 Å². The third-order valence-electron chi connectivity index (χ3n) is 6.30. The predicted molar refractivity (Wildman–Crippen MR) is 136 cm³/mol. The molecule has 0 saturated carbocycles. The summed E-state index contributed by atoms with van der Waals surface area (Å²) in [5.74, 6) is 0. The number of aliphatic hydroxyl groups excluding tert-OH is 1. The zero-order valence-electron chi connectivity index (χ0n) is 21.9. The highest BCUT2D eigenvalue weighted by atomic mass is 32.3. The fourth-order valence-electron chi connectivity index (χ4n) is 4.24. The van der Waals surface area contributed by atoms with Crippen LogP contribution >= 0.6 is 0 Å². The highest BCUT2D eigenvalue weighted by molar-refractivity contribution is 7.80. The second kappa shape index (κ2) is 20.4. The molecule has 0 radical (unpaired) electrons. The Kier molecular flexibility index (Phi) is 19.9. The van der Waals surface area contributed by atoms with Gasteiger partial charge in [-0.05, 0) is 12.8 Å². The maximum absolute atomic E-state index is 9.44. The number of nitrogens with zero attached hydrogens (tertiary/aromatic N) is 3. The number of hydrogen-bond donors (Lipinski definition) is 2. The zero-order chi connectivity index (χ0) is 25.7. The van der Waals surface area contributed by atoms with Gasteiger partial charge >= 0.3 is 0 Å². The van der Waals surface area contributed by atoms with E-state index in [-0.39, 0.29) is 0 Å². The third kappa shape index (κ3) is 19.5. The quantitative estimate of drug-likeness (QED) is 0.0837. The molecule has 1 unspecified atom stereocenters. The molecular weight excluding hydrogens is 458 g/mol. The number of aliphatic hydroxyl groups is 2. The molecule has 1 atom stereocenters. The van der Waals surface area contributed by atoms with Crippen LogP contribution in [0, 0.1) is 0 Å². The van der Waals surface area contributed by atoms with E-state index in [1.807, 2.05) is 6.34 Å². The van der Waals surface area contributed by atoms with Crippen LogP contribution in [0.1, 0.15) is 103 Å². The molecule has 1 heterocycles. The molecule has 0 amide bonds. The Morgan fingerprint density at radius 1 is 0.941 bits per heavy atom. The Bertz CT molecular complexity index is 604. The fourth-order valence-corrected chi connectivity index (χ4v) is 4.24. The summed E-state index contributed by atoms with van der Waals surface area (Å²) in [6.07, 6.45) is 21.1. The summed E-state index contributed by atoms with van der Waals surface area (Å²) < 4.78 is 31.6. The van der Waals surface area contributed by atoms with Crippen molar-refractivity contribution >= 4 is 16.7 Å². The topological polar surface area (TPSA) is 122 Å². The summed E-state index contributed by atoms with van der Waals surface area (Å²) in [6.45, 7) is 5.26. The highest BCUT2D eigenvalue weighted by Gasteiger charge is 2.32. The van der Waals surface area contributed by atoms with E-state index in [1.54, 1.807) is 0 Å². The van der Waals surface area contributed by atoms with E-state index in [4.69, 9.17) is 0 Å². The molecule has 0 spiro atoms. The second-order valence-corrected chi connectivity index (χ2v) is 10.6. The SMILES string of the molecule is CCCCCCCCCCCCCCCCC[N+](C)(CC(O)O)N1C=NCC1.COS(=O)(=O)[O-]. The van der Waals surface area contributed by atoms with Crippen LogP contribution in [-0.4, -0.2) is 85.7 Å². The average molecular weight is 510 g/mol. The standard InChI is InChI=1S/C23H48N3O2.CH4O4S/c1-3-4-5-6-7-8-9-10-11-12-13-14-15-16-17-20-26(2,21-23(27)28)25-19-18-24-22-25;1-5-6(2,3)4/h22-23,27-28H,3-21H2,1-2H3;1H3,(H,2,3,4)/q+1;/p-1. The predicted octanol–water partition coefficient (Wildman–Crippen LogP) is 3.97. The van der Waals surface area contributed by atoms with Crippen molar-refractivity contribution in [1.29, 1.82) is 0 Å². The van der Waals surface area contributed by atoms with Gasteiger partial charge in [-0.3, -0.25) is 9.18 Å². The van der Waals surface area contributed by atoms with Gasteiger partial charge in [0, 0.05) is 0 Å². The zero-order valence-corrected chi connectivity index (χ0v) is 22.7. The molecule has 0 saturated heterocycles. The minimum absolute atomic E-state index is 0.338. The van der Waals surface area contributed by atoms with E-state index >= 15 is 0 Å². The van der Waals surface area contributed by atoms with Crippen LogP contribution in [0.3, 0.4) is 0 Å². The van der Waals surface area contributed by atoms with Gasteiger partial charge in [0.25, 0.3) is 0 Å². The number of quaternary nitrogens is 1. The molecule has 1 aliphatic heterocycles. The number of likely N-dealkylation sites (N-methyl/N-ethyl adjacent to an activating group) is 1. The molecule has 0 bridgehead atoms. The Hall–Kier alpha value is -0.780. The first-order chi connectivity index (χ1) is 16.1. The van der Waals surface area contributed by atoms with E-state index in [9.17, 15) is 23.2 Å². The van der Waals surface area contributed by atoms with Gasteiger partial charge in [-0.25, -0.2) is 18.0 Å². The lowest BCUT2D eigenvalue weighted by Gasteiger charge is -2.40. The number of aliphatic imine (C=N–C) groups is 1. The molecule has 0 aliphatic carbocycles. The maximum Gasteiger partial charge on any atom is 0.217 e. The van der Waals surface area contributed by atoms with E-state index < -0.39 is 16.7 Å². The van der Waals surface area contributed by atoms with Crippen molar-refractivity contribution in [2.45, 2.75) is 110 Å². The highest BCUT2D eigenvalue weighted by Crippen LogP contribution is 2.16. The molecule has 204 valence electrons. The van der Waals surface area contributed by atoms with Crippen molar-refractivity contribution in [3.8, 4) is 0 Å². The third-order valence-corrected chi connectivity index (χ3v) is 6.71. The monoisotopic (exact) mass is 509 g/mol. The first kappa shape index (κ1) is 33.2. The van der Waals surface area contributed by atoms with Gasteiger partial charge in [-0.2, -0.15) is 0 Å². The smallest absolute Gasteiger partial charge is 0.217 e. The lowest BCUT2D eigenvalue weighted by Crippen LogP contribution is -2.59. The van der Waals surface area contributed by atoms with Gasteiger partial charge in [0.05, 0.1) is 27.2 Å². The summed E-state index contributed by atoms with van der Waals surface area (Å²) in [5, 5.41) is 21.0. The molecule has 1 aliphatic rings. The largest absolute Gasteiger partial charge is 0.726 e. The minimum Gasteiger partial charge on any atom is -0.726 e. The van der Waals surface area contributed by atoms with Crippen LogP contribution in [0.15, 0.2) is 4.99 Å². The van der Waals surface area contributed by atoms with Crippen LogP contribution in [0.5, 0.6) is 0 Å². The van der Waals surface area contributed by atoms with E-state index in [1.165, 1.54) is 89.9 Å². The minimum atomic E-state index is -4.41. The van der Waals surface area contributed by atoms with Crippen LogP contribution < -0.4 is 0 Å². The first-order valence-electron chi connectivity index (χ1n) is 13.1. The molecule has 0 fully saturated rings. The molecule has 1 rings (SSSR count). The van der Waals surface area contributed by atoms with Crippen molar-refractivity contribution in [1.82, 2.24) is 5.01 Å². The number of rotatable bonds is 20. The van der Waals surface area contributed by atoms with Crippen molar-refractivity contribution in [2.24, 2.45) is 4.99 Å². The maximum atomic E-state index is 9.44. The molecule has 9 nitrogen and oxygen atoms in total. The lowest BCUT2D eigenvalue weighted by molar-refractivity contribution is -1.01. The number of hydrogen-bond acceptors (Lipinski definition) is 8. The van der Waals surface area contributed by atoms with Gasteiger partial charge in [-0.1, -0.05) is 90.4 Å². The molecule has 0 aromatic heterocycles. The molecule has 2 N–H and O–H groups in total. The van der Waals surface area contributed by atoms with Crippen molar-refractivity contribution < 1.29 is 32.0 Å². The van der Waals surface area contributed by atoms with E-state index in [0.29, 0.717) is 11.1 Å². The summed E-state index contributed by atoms with van der Waals surface area (Å²) in [4.78, 5) is 4.28. The lowest BCUT2D eigenvalue weighted by atomic mass is 10.0. The van der Waals surface area contributed by atoms with Gasteiger partial charge in [-0.15, -0.1) is 0 Å². The Morgan fingerprint density at radius 2 is 1.35 bits per heavy atom. The fraction of sp³-hybridized carbons (Fsp3) is 0.958. The first-order valence-corrected chi connectivity index (χ1v) is 14.5. The molecule has 10 heteroatoms. The van der Waals surface area contributed by atoms with Gasteiger partial charge in [0.15, 0.2) is 6.54 Å². The summed E-state index contributed by atoms with van der Waals surface area (Å²) in [6, 6.07) is 0. The molecule has 0 aromatic rings. The summed E-state index contributed by atoms with van der Waals surface area (Å²) >= 11 is 0. The van der Waals surface area contributed by atoms with E-state index in [0.717, 1.165) is 33.2 Å². The Balaban J connectivity index is 0.00000160. The van der Waals surface area contributed by atoms with E-state index in [2.05, 4.69) is 28.2 Å². The Morgan fingerprint density at radius 3 is 1.68 bits per heavy atom. The summed E-state index contributed by atoms with van der Waals surface area (Å²) in [7, 11) is -1.52. The molecular formula is C24H51N3O6S. The molecule has 34 heavy (non-hydrogen) atoms. The van der Waals surface area contributed by atoms with Crippen molar-refractivity contribution in [2.75, 3.05) is 40.3 Å².